The fraction of sp³-hybridized carbons (Fsp3) is 0.300. The van der Waals surface area contributed by atoms with Crippen LogP contribution < -0.4 is 0 Å². The van der Waals surface area contributed by atoms with Gasteiger partial charge in [-0.15, -0.1) is 0 Å². The Morgan fingerprint density at radius 2 is 1.63 bits per heavy atom. The summed E-state index contributed by atoms with van der Waals surface area (Å²) in [7, 11) is 0. The first-order chi connectivity index (χ1) is 12.5. The molecule has 0 atom stereocenters. The van der Waals surface area contributed by atoms with Crippen LogP contribution in [0.4, 0.5) is 18.0 Å². The molecule has 2 rings (SSSR count). The van der Waals surface area contributed by atoms with Crippen LogP contribution >= 0.6 is 0 Å². The second kappa shape index (κ2) is 8.24. The highest BCUT2D eigenvalue weighted by Gasteiger charge is 2.29. The fourth-order valence-electron chi connectivity index (χ4n) is 2.12. The third kappa shape index (κ3) is 6.77. The molecule has 0 aromatic heterocycles. The summed E-state index contributed by atoms with van der Waals surface area (Å²) >= 11 is 0. The Hall–Kier alpha value is -2.83. The standard InChI is InChI=1S/C20H21F3N2O2/c1-19(2,3)27-18(26)25(14-16-7-5-4-6-8-16)24-13-15-9-11-17(12-10-15)20(21,22)23/h4-13H,14H2,1-3H3/b24-13+. The Labute approximate surface area is 156 Å². The molecule has 144 valence electrons. The van der Waals surface area contributed by atoms with Gasteiger partial charge in [0.05, 0.1) is 18.3 Å². The summed E-state index contributed by atoms with van der Waals surface area (Å²) in [5, 5.41) is 5.25. The Morgan fingerprint density at radius 3 is 2.15 bits per heavy atom. The van der Waals surface area contributed by atoms with Gasteiger partial charge in [-0.3, -0.25) is 0 Å². The van der Waals surface area contributed by atoms with Gasteiger partial charge in [-0.05, 0) is 44.0 Å². The van der Waals surface area contributed by atoms with E-state index < -0.39 is 23.4 Å². The zero-order chi connectivity index (χ0) is 20.1. The summed E-state index contributed by atoms with van der Waals surface area (Å²) < 4.78 is 43.3. The van der Waals surface area contributed by atoms with Gasteiger partial charge in [0.1, 0.15) is 5.60 Å². The van der Waals surface area contributed by atoms with Crippen molar-refractivity contribution < 1.29 is 22.7 Å². The number of benzene rings is 2. The van der Waals surface area contributed by atoms with Gasteiger partial charge in [-0.2, -0.15) is 23.3 Å². The first kappa shape index (κ1) is 20.5. The molecule has 0 heterocycles. The highest BCUT2D eigenvalue weighted by Crippen LogP contribution is 2.28. The topological polar surface area (TPSA) is 41.9 Å². The fourth-order valence-corrected chi connectivity index (χ4v) is 2.12. The molecule has 1 amide bonds. The average molecular weight is 378 g/mol. The maximum absolute atomic E-state index is 12.6. The molecule has 27 heavy (non-hydrogen) atoms. The number of rotatable bonds is 4. The van der Waals surface area contributed by atoms with E-state index in [1.54, 1.807) is 20.8 Å². The molecule has 0 aliphatic carbocycles. The van der Waals surface area contributed by atoms with Crippen LogP contribution in [0.2, 0.25) is 0 Å². The molecule has 4 nitrogen and oxygen atoms in total. The van der Waals surface area contributed by atoms with E-state index in [9.17, 15) is 18.0 Å². The number of carbonyl (C=O) groups excluding carboxylic acids is 1. The van der Waals surface area contributed by atoms with Crippen molar-refractivity contribution in [2.75, 3.05) is 0 Å². The lowest BCUT2D eigenvalue weighted by molar-refractivity contribution is -0.137. The van der Waals surface area contributed by atoms with Gasteiger partial charge in [-0.25, -0.2) is 4.79 Å². The summed E-state index contributed by atoms with van der Waals surface area (Å²) in [5.41, 5.74) is -0.166. The number of nitrogens with zero attached hydrogens (tertiary/aromatic N) is 2. The lowest BCUT2D eigenvalue weighted by Crippen LogP contribution is -2.33. The zero-order valence-corrected chi connectivity index (χ0v) is 15.3. The highest BCUT2D eigenvalue weighted by molar-refractivity contribution is 5.81. The predicted molar refractivity (Wildman–Crippen MR) is 97.3 cm³/mol. The van der Waals surface area contributed by atoms with Crippen LogP contribution in [0.25, 0.3) is 0 Å². The van der Waals surface area contributed by atoms with Crippen LogP contribution in [0.15, 0.2) is 59.7 Å². The molecule has 0 fully saturated rings. The molecule has 2 aromatic carbocycles. The van der Waals surface area contributed by atoms with Crippen LogP contribution in [-0.2, 0) is 17.5 Å². The first-order valence-corrected chi connectivity index (χ1v) is 8.30. The van der Waals surface area contributed by atoms with Crippen molar-refractivity contribution >= 4 is 12.3 Å². The number of alkyl halides is 3. The average Bonchev–Trinajstić information content (AvgIpc) is 2.57. The number of hydrogen-bond acceptors (Lipinski definition) is 3. The molecule has 0 saturated heterocycles. The highest BCUT2D eigenvalue weighted by atomic mass is 19.4. The smallest absolute Gasteiger partial charge is 0.431 e. The Bertz CT molecular complexity index is 780. The number of hydrazone groups is 1. The van der Waals surface area contributed by atoms with E-state index in [2.05, 4.69) is 5.10 Å². The van der Waals surface area contributed by atoms with E-state index in [-0.39, 0.29) is 6.54 Å². The summed E-state index contributed by atoms with van der Waals surface area (Å²) in [4.78, 5) is 12.4. The van der Waals surface area contributed by atoms with Crippen molar-refractivity contribution in [2.45, 2.75) is 39.1 Å². The van der Waals surface area contributed by atoms with E-state index in [1.165, 1.54) is 18.3 Å². The largest absolute Gasteiger partial charge is 0.442 e. The van der Waals surface area contributed by atoms with Gasteiger partial charge in [0.15, 0.2) is 0 Å². The second-order valence-electron chi connectivity index (χ2n) is 6.89. The maximum Gasteiger partial charge on any atom is 0.431 e. The molecule has 0 spiro atoms. The first-order valence-electron chi connectivity index (χ1n) is 8.30. The molecule has 0 radical (unpaired) electrons. The van der Waals surface area contributed by atoms with Crippen LogP contribution in [-0.4, -0.2) is 22.9 Å². The molecule has 0 bridgehead atoms. The lowest BCUT2D eigenvalue weighted by Gasteiger charge is -2.24. The van der Waals surface area contributed by atoms with E-state index in [1.807, 2.05) is 30.3 Å². The molecule has 0 N–H and O–H groups in total. The van der Waals surface area contributed by atoms with E-state index in [4.69, 9.17) is 4.74 Å². The Kier molecular flexibility index (Phi) is 6.25. The lowest BCUT2D eigenvalue weighted by atomic mass is 10.1. The van der Waals surface area contributed by atoms with Gasteiger partial charge in [0, 0.05) is 0 Å². The molecule has 2 aromatic rings. The SMILES string of the molecule is CC(C)(C)OC(=O)N(Cc1ccccc1)/N=C/c1ccc(C(F)(F)F)cc1. The van der Waals surface area contributed by atoms with Crippen LogP contribution in [0.3, 0.4) is 0 Å². The van der Waals surface area contributed by atoms with Crippen molar-refractivity contribution in [1.82, 2.24) is 5.01 Å². The number of ether oxygens (including phenoxy) is 1. The van der Waals surface area contributed by atoms with E-state index in [0.717, 1.165) is 22.7 Å². The van der Waals surface area contributed by atoms with E-state index >= 15 is 0 Å². The van der Waals surface area contributed by atoms with Crippen LogP contribution in [0.5, 0.6) is 0 Å². The minimum Gasteiger partial charge on any atom is -0.442 e. The minimum atomic E-state index is -4.40. The predicted octanol–water partition coefficient (Wildman–Crippen LogP) is 5.48. The number of amides is 1. The monoisotopic (exact) mass is 378 g/mol. The van der Waals surface area contributed by atoms with E-state index in [0.29, 0.717) is 5.56 Å². The number of halogens is 3. The van der Waals surface area contributed by atoms with Crippen molar-refractivity contribution in [3.05, 3.63) is 71.3 Å². The molecule has 0 aliphatic heterocycles. The maximum atomic E-state index is 12.6. The molecule has 0 unspecified atom stereocenters. The Morgan fingerprint density at radius 1 is 1.04 bits per heavy atom. The molecule has 0 aliphatic rings. The van der Waals surface area contributed by atoms with Crippen molar-refractivity contribution in [3.63, 3.8) is 0 Å². The quantitative estimate of drug-likeness (QED) is 0.522. The van der Waals surface area contributed by atoms with Crippen molar-refractivity contribution in [1.29, 1.82) is 0 Å². The molecule has 0 saturated carbocycles. The van der Waals surface area contributed by atoms with Gasteiger partial charge in [0.2, 0.25) is 0 Å². The van der Waals surface area contributed by atoms with Crippen molar-refractivity contribution in [3.8, 4) is 0 Å². The normalized spacial score (nSPS) is 12.2. The second-order valence-corrected chi connectivity index (χ2v) is 6.89. The van der Waals surface area contributed by atoms with Gasteiger partial charge < -0.3 is 4.74 Å². The number of carbonyl (C=O) groups is 1. The molecular formula is C20H21F3N2O2. The molecular weight excluding hydrogens is 357 g/mol. The van der Waals surface area contributed by atoms with Gasteiger partial charge in [0.25, 0.3) is 0 Å². The third-order valence-electron chi connectivity index (χ3n) is 3.36. The van der Waals surface area contributed by atoms with Gasteiger partial charge >= 0.3 is 12.3 Å². The summed E-state index contributed by atoms with van der Waals surface area (Å²) in [5.74, 6) is 0. The van der Waals surface area contributed by atoms with Crippen LogP contribution in [0, 0.1) is 0 Å². The molecule has 7 heteroatoms. The Balaban J connectivity index is 2.19. The number of hydrogen-bond donors (Lipinski definition) is 0. The minimum absolute atomic E-state index is 0.174. The van der Waals surface area contributed by atoms with Crippen LogP contribution in [0.1, 0.15) is 37.5 Å². The van der Waals surface area contributed by atoms with Crippen molar-refractivity contribution in [2.24, 2.45) is 5.10 Å². The summed E-state index contributed by atoms with van der Waals surface area (Å²) in [6.07, 6.45) is -3.71. The van der Waals surface area contributed by atoms with Gasteiger partial charge in [-0.1, -0.05) is 42.5 Å². The third-order valence-corrected chi connectivity index (χ3v) is 3.36. The summed E-state index contributed by atoms with van der Waals surface area (Å²) in [6, 6.07) is 13.7. The summed E-state index contributed by atoms with van der Waals surface area (Å²) in [6.45, 7) is 5.40. The zero-order valence-electron chi connectivity index (χ0n) is 15.3.